The second kappa shape index (κ2) is 7.33. The highest BCUT2D eigenvalue weighted by molar-refractivity contribution is 7.80. The lowest BCUT2D eigenvalue weighted by atomic mass is 10.1. The maximum atomic E-state index is 5.43. The molecule has 0 aliphatic heterocycles. The molecule has 2 aromatic rings. The molecule has 5 heteroatoms. The summed E-state index contributed by atoms with van der Waals surface area (Å²) in [6, 6.07) is 9.81. The van der Waals surface area contributed by atoms with E-state index in [0.717, 1.165) is 22.5 Å². The number of nitrogens with one attached hydrogen (secondary N) is 2. The van der Waals surface area contributed by atoms with Gasteiger partial charge < -0.3 is 20.1 Å². The second-order valence-electron chi connectivity index (χ2n) is 5.45. The maximum Gasteiger partial charge on any atom is 0.175 e. The largest absolute Gasteiger partial charge is 0.497 e. The molecule has 2 aromatic carbocycles. The molecule has 0 radical (unpaired) electrons. The average molecular weight is 330 g/mol. The number of methoxy groups -OCH3 is 2. The van der Waals surface area contributed by atoms with Crippen molar-refractivity contribution in [3.8, 4) is 11.5 Å². The highest BCUT2D eigenvalue weighted by atomic mass is 32.1. The molecule has 0 amide bonds. The van der Waals surface area contributed by atoms with Gasteiger partial charge in [0.2, 0.25) is 0 Å². The zero-order valence-corrected chi connectivity index (χ0v) is 14.9. The molecule has 0 atom stereocenters. The summed E-state index contributed by atoms with van der Waals surface area (Å²) in [7, 11) is 3.24. The lowest BCUT2D eigenvalue weighted by molar-refractivity contribution is 0.395. The highest BCUT2D eigenvalue weighted by Crippen LogP contribution is 2.26. The van der Waals surface area contributed by atoms with Gasteiger partial charge in [-0.25, -0.2) is 0 Å². The Morgan fingerprint density at radius 3 is 1.83 bits per heavy atom. The second-order valence-corrected chi connectivity index (χ2v) is 5.86. The minimum atomic E-state index is 0.523. The fraction of sp³-hybridized carbons (Fsp3) is 0.278. The third-order valence-corrected chi connectivity index (χ3v) is 3.73. The molecule has 122 valence electrons. The van der Waals surface area contributed by atoms with E-state index in [9.17, 15) is 0 Å². The fourth-order valence-corrected chi connectivity index (χ4v) is 2.75. The van der Waals surface area contributed by atoms with Crippen molar-refractivity contribution < 1.29 is 9.47 Å². The number of benzene rings is 2. The minimum Gasteiger partial charge on any atom is -0.497 e. The summed E-state index contributed by atoms with van der Waals surface area (Å²) in [5, 5.41) is 6.96. The molecule has 2 rings (SSSR count). The Bertz CT molecular complexity index is 684. The third kappa shape index (κ3) is 4.36. The van der Waals surface area contributed by atoms with Crippen LogP contribution in [0.2, 0.25) is 0 Å². The molecule has 23 heavy (non-hydrogen) atoms. The van der Waals surface area contributed by atoms with E-state index in [4.69, 9.17) is 21.7 Å². The zero-order chi connectivity index (χ0) is 17.0. The molecule has 0 aliphatic rings. The van der Waals surface area contributed by atoms with Crippen LogP contribution in [0.1, 0.15) is 16.7 Å². The standard InChI is InChI=1S/C18H22N2O2S/c1-11-6-12(2)17(13(3)7-11)20-18(23)19-14-8-15(21-4)10-16(9-14)22-5/h6-10H,1-5H3,(H2,19,20,23). The van der Waals surface area contributed by atoms with Crippen LogP contribution in [-0.2, 0) is 0 Å². The number of hydrogen-bond donors (Lipinski definition) is 2. The molecule has 0 spiro atoms. The Morgan fingerprint density at radius 2 is 1.35 bits per heavy atom. The van der Waals surface area contributed by atoms with Crippen molar-refractivity contribution in [3.05, 3.63) is 47.0 Å². The Kier molecular flexibility index (Phi) is 5.45. The summed E-state index contributed by atoms with van der Waals surface area (Å²) in [6.07, 6.45) is 0. The van der Waals surface area contributed by atoms with E-state index in [0.29, 0.717) is 16.6 Å². The molecule has 0 aliphatic carbocycles. The van der Waals surface area contributed by atoms with Gasteiger partial charge in [-0.3, -0.25) is 0 Å². The van der Waals surface area contributed by atoms with Gasteiger partial charge in [0.15, 0.2) is 5.11 Å². The molecule has 0 saturated heterocycles. The zero-order valence-electron chi connectivity index (χ0n) is 14.1. The summed E-state index contributed by atoms with van der Waals surface area (Å²) < 4.78 is 10.5. The van der Waals surface area contributed by atoms with Crippen molar-refractivity contribution in [2.75, 3.05) is 24.9 Å². The van der Waals surface area contributed by atoms with Gasteiger partial charge in [-0.05, 0) is 44.1 Å². The van der Waals surface area contributed by atoms with Gasteiger partial charge in [-0.2, -0.15) is 0 Å². The van der Waals surface area contributed by atoms with Crippen molar-refractivity contribution in [2.45, 2.75) is 20.8 Å². The first-order valence-corrected chi connectivity index (χ1v) is 7.72. The van der Waals surface area contributed by atoms with Crippen LogP contribution in [0.25, 0.3) is 0 Å². The van der Waals surface area contributed by atoms with Crippen LogP contribution < -0.4 is 20.1 Å². The minimum absolute atomic E-state index is 0.523. The van der Waals surface area contributed by atoms with Crippen LogP contribution in [0, 0.1) is 20.8 Å². The smallest absolute Gasteiger partial charge is 0.175 e. The SMILES string of the molecule is COc1cc(NC(=S)Nc2c(C)cc(C)cc2C)cc(OC)c1. The fourth-order valence-electron chi connectivity index (χ4n) is 2.53. The molecule has 0 heterocycles. The van der Waals surface area contributed by atoms with Crippen molar-refractivity contribution in [2.24, 2.45) is 0 Å². The van der Waals surface area contributed by atoms with E-state index in [1.807, 2.05) is 18.2 Å². The van der Waals surface area contributed by atoms with Crippen LogP contribution in [0.5, 0.6) is 11.5 Å². The van der Waals surface area contributed by atoms with Crippen molar-refractivity contribution in [3.63, 3.8) is 0 Å². The number of ether oxygens (including phenoxy) is 2. The Morgan fingerprint density at radius 1 is 0.826 bits per heavy atom. The van der Waals surface area contributed by atoms with Crippen LogP contribution in [0.3, 0.4) is 0 Å². The van der Waals surface area contributed by atoms with Crippen LogP contribution in [-0.4, -0.2) is 19.3 Å². The molecule has 0 fully saturated rings. The number of rotatable bonds is 4. The van der Waals surface area contributed by atoms with E-state index in [1.54, 1.807) is 14.2 Å². The molecule has 0 saturated carbocycles. The topological polar surface area (TPSA) is 42.5 Å². The summed E-state index contributed by atoms with van der Waals surface area (Å²) in [5.74, 6) is 1.41. The monoisotopic (exact) mass is 330 g/mol. The van der Waals surface area contributed by atoms with Crippen molar-refractivity contribution in [1.82, 2.24) is 0 Å². The first-order chi connectivity index (χ1) is 10.9. The Labute approximate surface area is 142 Å². The van der Waals surface area contributed by atoms with Gasteiger partial charge in [-0.15, -0.1) is 0 Å². The van der Waals surface area contributed by atoms with Crippen LogP contribution >= 0.6 is 12.2 Å². The molecular weight excluding hydrogens is 308 g/mol. The summed E-state index contributed by atoms with van der Waals surface area (Å²) in [6.45, 7) is 6.22. The van der Waals surface area contributed by atoms with Crippen LogP contribution in [0.15, 0.2) is 30.3 Å². The van der Waals surface area contributed by atoms with E-state index < -0.39 is 0 Å². The molecule has 2 N–H and O–H groups in total. The lowest BCUT2D eigenvalue weighted by Gasteiger charge is -2.16. The Hall–Kier alpha value is -2.27. The van der Waals surface area contributed by atoms with E-state index in [-0.39, 0.29) is 0 Å². The van der Waals surface area contributed by atoms with Gasteiger partial charge in [0.1, 0.15) is 11.5 Å². The van der Waals surface area contributed by atoms with Gasteiger partial charge in [-0.1, -0.05) is 17.7 Å². The number of aryl methyl sites for hydroxylation is 3. The predicted octanol–water partition coefficient (Wildman–Crippen LogP) is 4.44. The summed E-state index contributed by atoms with van der Waals surface area (Å²) in [4.78, 5) is 0. The summed E-state index contributed by atoms with van der Waals surface area (Å²) >= 11 is 5.43. The average Bonchev–Trinajstić information content (AvgIpc) is 2.50. The van der Waals surface area contributed by atoms with E-state index in [2.05, 4.69) is 43.5 Å². The summed E-state index contributed by atoms with van der Waals surface area (Å²) in [5.41, 5.74) is 5.40. The highest BCUT2D eigenvalue weighted by Gasteiger charge is 2.08. The molecule has 4 nitrogen and oxygen atoms in total. The lowest BCUT2D eigenvalue weighted by Crippen LogP contribution is -2.20. The van der Waals surface area contributed by atoms with Gasteiger partial charge in [0.25, 0.3) is 0 Å². The molecule has 0 bridgehead atoms. The Balaban J connectivity index is 2.17. The van der Waals surface area contributed by atoms with Gasteiger partial charge in [0.05, 0.1) is 14.2 Å². The molecular formula is C18H22N2O2S. The predicted molar refractivity (Wildman–Crippen MR) is 100 cm³/mol. The number of anilines is 2. The number of thiocarbonyl (C=S) groups is 1. The van der Waals surface area contributed by atoms with E-state index >= 15 is 0 Å². The third-order valence-electron chi connectivity index (χ3n) is 3.52. The quantitative estimate of drug-likeness (QED) is 0.811. The van der Waals surface area contributed by atoms with E-state index in [1.165, 1.54) is 5.56 Å². The maximum absolute atomic E-state index is 5.43. The van der Waals surface area contributed by atoms with Crippen molar-refractivity contribution in [1.29, 1.82) is 0 Å². The first-order valence-electron chi connectivity index (χ1n) is 7.32. The van der Waals surface area contributed by atoms with Gasteiger partial charge >= 0.3 is 0 Å². The number of hydrogen-bond acceptors (Lipinski definition) is 3. The molecule has 0 aromatic heterocycles. The first kappa shape index (κ1) is 17.1. The molecule has 0 unspecified atom stereocenters. The van der Waals surface area contributed by atoms with Gasteiger partial charge in [0, 0.05) is 29.6 Å². The van der Waals surface area contributed by atoms with Crippen molar-refractivity contribution >= 4 is 28.7 Å². The van der Waals surface area contributed by atoms with Crippen LogP contribution in [0.4, 0.5) is 11.4 Å². The normalized spacial score (nSPS) is 10.1.